The lowest BCUT2D eigenvalue weighted by Gasteiger charge is -2.38. The number of nitrogens with zero attached hydrogens (tertiary/aromatic N) is 1. The van der Waals surface area contributed by atoms with Gasteiger partial charge in [0.2, 0.25) is 5.91 Å². The minimum atomic E-state index is -5.68. The van der Waals surface area contributed by atoms with Crippen LogP contribution in [0.1, 0.15) is 6.23 Å². The fourth-order valence-corrected chi connectivity index (χ4v) is 5.52. The molecule has 1 aromatic heterocycles. The van der Waals surface area contributed by atoms with Crippen molar-refractivity contribution in [3.05, 3.63) is 33.1 Å². The van der Waals surface area contributed by atoms with Crippen molar-refractivity contribution < 1.29 is 72.1 Å². The SMILES string of the molecule is NC(=O)C1O[C@H](OP(=O)(O)OP(=O)(O)OCC2OC(n3ccc(=O)[nH]c3=O)C(O)C2O)[C@@H](O)[C@H](O)C1O. The van der Waals surface area contributed by atoms with Crippen LogP contribution in [-0.2, 0) is 36.8 Å². The molecule has 37 heavy (non-hydrogen) atoms. The van der Waals surface area contributed by atoms with Crippen molar-refractivity contribution >= 4 is 21.6 Å². The molecule has 2 fully saturated rings. The van der Waals surface area contributed by atoms with Gasteiger partial charge >= 0.3 is 21.3 Å². The normalized spacial score (nSPS) is 37.5. The van der Waals surface area contributed by atoms with Crippen molar-refractivity contribution in [1.29, 1.82) is 0 Å². The van der Waals surface area contributed by atoms with Crippen LogP contribution in [-0.4, -0.2) is 106 Å². The first-order chi connectivity index (χ1) is 17.0. The van der Waals surface area contributed by atoms with Crippen molar-refractivity contribution in [2.24, 2.45) is 5.73 Å². The van der Waals surface area contributed by atoms with Gasteiger partial charge in [-0.3, -0.25) is 28.2 Å². The lowest BCUT2D eigenvalue weighted by atomic mass is 9.99. The van der Waals surface area contributed by atoms with E-state index in [0.29, 0.717) is 4.57 Å². The number of H-pyrrole nitrogens is 1. The Bertz CT molecular complexity index is 1200. The number of ether oxygens (including phenoxy) is 2. The average Bonchev–Trinajstić information content (AvgIpc) is 3.05. The predicted molar refractivity (Wildman–Crippen MR) is 111 cm³/mol. The lowest BCUT2D eigenvalue weighted by Crippen LogP contribution is -2.61. The summed E-state index contributed by atoms with van der Waals surface area (Å²) in [5, 5.41) is 49.5. The third kappa shape index (κ3) is 6.77. The Labute approximate surface area is 204 Å². The lowest BCUT2D eigenvalue weighted by molar-refractivity contribution is -0.269. The summed E-state index contributed by atoms with van der Waals surface area (Å²) in [6, 6.07) is 0.917. The number of rotatable bonds is 9. The van der Waals surface area contributed by atoms with Crippen LogP contribution in [0.2, 0.25) is 0 Å². The highest BCUT2D eigenvalue weighted by molar-refractivity contribution is 7.61. The molecule has 210 valence electrons. The molecule has 2 aliphatic rings. The number of aliphatic hydroxyl groups is 5. The van der Waals surface area contributed by atoms with Gasteiger partial charge in [-0.05, 0) is 0 Å². The zero-order chi connectivity index (χ0) is 27.9. The van der Waals surface area contributed by atoms with E-state index in [-0.39, 0.29) is 0 Å². The Balaban J connectivity index is 1.63. The van der Waals surface area contributed by atoms with Crippen molar-refractivity contribution in [3.63, 3.8) is 0 Å². The zero-order valence-corrected chi connectivity index (χ0v) is 20.0. The van der Waals surface area contributed by atoms with Crippen molar-refractivity contribution in [2.45, 2.75) is 55.2 Å². The summed E-state index contributed by atoms with van der Waals surface area (Å²) in [7, 11) is -11.2. The van der Waals surface area contributed by atoms with E-state index in [4.69, 9.17) is 15.2 Å². The minimum Gasteiger partial charge on any atom is -0.387 e. The largest absolute Gasteiger partial charge is 0.483 e. The molecule has 0 spiro atoms. The maximum absolute atomic E-state index is 12.2. The number of phosphoric acid groups is 2. The Morgan fingerprint density at radius 2 is 1.65 bits per heavy atom. The van der Waals surface area contributed by atoms with E-state index in [0.717, 1.165) is 12.3 Å². The highest BCUT2D eigenvalue weighted by Crippen LogP contribution is 2.61. The van der Waals surface area contributed by atoms with Crippen LogP contribution in [0.5, 0.6) is 0 Å². The summed E-state index contributed by atoms with van der Waals surface area (Å²) in [5.74, 6) is -1.35. The maximum atomic E-state index is 12.2. The third-order valence-corrected chi connectivity index (χ3v) is 7.76. The Kier molecular flexibility index (Phi) is 8.89. The molecule has 3 rings (SSSR count). The van der Waals surface area contributed by atoms with Crippen LogP contribution in [0.3, 0.4) is 0 Å². The topological polar surface area (TPSA) is 320 Å². The molecule has 0 aromatic carbocycles. The Morgan fingerprint density at radius 1 is 1.00 bits per heavy atom. The van der Waals surface area contributed by atoms with Gasteiger partial charge in [0.15, 0.2) is 18.6 Å². The Hall–Kier alpha value is -1.87. The van der Waals surface area contributed by atoms with E-state index < -0.39 is 94.7 Å². The summed E-state index contributed by atoms with van der Waals surface area (Å²) < 4.78 is 47.9. The number of carbonyl (C=O) groups is 1. The van der Waals surface area contributed by atoms with Crippen LogP contribution in [0.15, 0.2) is 21.9 Å². The van der Waals surface area contributed by atoms with Gasteiger partial charge in [-0.25, -0.2) is 13.9 Å². The van der Waals surface area contributed by atoms with E-state index in [2.05, 4.69) is 13.4 Å². The number of nitrogens with two attached hydrogens (primary N) is 1. The number of primary amides is 1. The summed E-state index contributed by atoms with van der Waals surface area (Å²) in [5.41, 5.74) is 3.18. The first-order valence-corrected chi connectivity index (χ1v) is 13.0. The molecule has 11 atom stereocenters. The van der Waals surface area contributed by atoms with E-state index in [1.165, 1.54) is 0 Å². The fourth-order valence-electron chi connectivity index (χ4n) is 3.37. The number of aliphatic hydroxyl groups excluding tert-OH is 5. The molecule has 0 saturated carbocycles. The molecule has 2 aliphatic heterocycles. The number of phosphoric ester groups is 2. The average molecular weight is 579 g/mol. The summed E-state index contributed by atoms with van der Waals surface area (Å²) in [4.78, 5) is 55.8. The van der Waals surface area contributed by atoms with Gasteiger partial charge in [-0.1, -0.05) is 0 Å². The van der Waals surface area contributed by atoms with Gasteiger partial charge < -0.3 is 50.5 Å². The first kappa shape index (κ1) is 29.7. The number of hydrogen-bond acceptors (Lipinski definition) is 15. The fraction of sp³-hybridized carbons (Fsp3) is 0.667. The smallest absolute Gasteiger partial charge is 0.387 e. The van der Waals surface area contributed by atoms with Gasteiger partial charge in [0, 0.05) is 12.3 Å². The molecule has 22 heteroatoms. The second kappa shape index (κ2) is 11.1. The molecule has 0 aliphatic carbocycles. The molecule has 0 radical (unpaired) electrons. The highest BCUT2D eigenvalue weighted by Gasteiger charge is 2.51. The van der Waals surface area contributed by atoms with Gasteiger partial charge in [-0.2, -0.15) is 4.31 Å². The van der Waals surface area contributed by atoms with Crippen molar-refractivity contribution in [1.82, 2.24) is 9.55 Å². The predicted octanol–water partition coefficient (Wildman–Crippen LogP) is -5.30. The Morgan fingerprint density at radius 3 is 2.24 bits per heavy atom. The van der Waals surface area contributed by atoms with E-state index in [1.54, 1.807) is 0 Å². The molecule has 0 bridgehead atoms. The highest BCUT2D eigenvalue weighted by atomic mass is 31.3. The van der Waals surface area contributed by atoms with E-state index in [9.17, 15) is 58.8 Å². The summed E-state index contributed by atoms with van der Waals surface area (Å²) in [6.07, 6.45) is -16.6. The second-order valence-electron chi connectivity index (χ2n) is 7.78. The number of carbonyl (C=O) groups excluding carboxylic acids is 1. The van der Waals surface area contributed by atoms with Gasteiger partial charge in [0.05, 0.1) is 6.61 Å². The zero-order valence-electron chi connectivity index (χ0n) is 18.2. The number of amides is 1. The minimum absolute atomic E-state index is 0.709. The molecule has 10 N–H and O–H groups in total. The monoisotopic (exact) mass is 579 g/mol. The van der Waals surface area contributed by atoms with Crippen LogP contribution in [0.4, 0.5) is 0 Å². The molecule has 1 aromatic rings. The quantitative estimate of drug-likeness (QED) is 0.123. The molecular weight excluding hydrogens is 556 g/mol. The standard InChI is InChI=1S/C15H23N3O17P2/c16-12(25)11-8(22)7(21)10(24)14(33-11)34-37(29,30)35-36(27,28)31-3-4-6(20)9(23)13(32-4)18-2-1-5(19)17-15(18)26/h1-2,4,6-11,13-14,20-24H,3H2,(H2,16,25)(H,27,28)(H,29,30)(H,17,19,26)/t4?,6?,7-,8?,9?,10+,11?,13?,14-/m1/s1. The first-order valence-electron chi connectivity index (χ1n) is 10.0. The molecule has 20 nitrogen and oxygen atoms in total. The molecule has 2 saturated heterocycles. The van der Waals surface area contributed by atoms with Gasteiger partial charge in [0.25, 0.3) is 5.56 Å². The molecule has 3 heterocycles. The summed E-state index contributed by atoms with van der Waals surface area (Å²) in [6.45, 7) is -1.06. The molecular formula is C15H23N3O17P2. The number of aromatic amines is 1. The van der Waals surface area contributed by atoms with Crippen LogP contribution in [0.25, 0.3) is 0 Å². The summed E-state index contributed by atoms with van der Waals surface area (Å²) >= 11 is 0. The van der Waals surface area contributed by atoms with Gasteiger partial charge in [0.1, 0.15) is 36.6 Å². The van der Waals surface area contributed by atoms with E-state index >= 15 is 0 Å². The number of hydrogen-bond donors (Lipinski definition) is 9. The number of nitrogens with one attached hydrogen (secondary N) is 1. The molecule has 1 amide bonds. The van der Waals surface area contributed by atoms with E-state index in [1.807, 2.05) is 4.98 Å². The number of aromatic nitrogens is 2. The van der Waals surface area contributed by atoms with Crippen LogP contribution >= 0.6 is 15.6 Å². The van der Waals surface area contributed by atoms with Crippen LogP contribution < -0.4 is 17.0 Å². The third-order valence-electron chi connectivity index (χ3n) is 5.16. The molecule has 8 unspecified atom stereocenters. The van der Waals surface area contributed by atoms with Crippen molar-refractivity contribution in [3.8, 4) is 0 Å². The van der Waals surface area contributed by atoms with Gasteiger partial charge in [-0.15, -0.1) is 0 Å². The maximum Gasteiger partial charge on any atom is 0.483 e. The van der Waals surface area contributed by atoms with Crippen LogP contribution in [0, 0.1) is 0 Å². The van der Waals surface area contributed by atoms with Crippen molar-refractivity contribution in [2.75, 3.05) is 6.61 Å². The second-order valence-corrected chi connectivity index (χ2v) is 10.8.